The highest BCUT2D eigenvalue weighted by Crippen LogP contribution is 2.24. The molecule has 0 fully saturated rings. The largest absolute Gasteiger partial charge is 0.279 e. The van der Waals surface area contributed by atoms with E-state index in [1.807, 2.05) is 35.4 Å². The van der Waals surface area contributed by atoms with Crippen molar-refractivity contribution in [1.82, 2.24) is 10.4 Å². The van der Waals surface area contributed by atoms with Gasteiger partial charge in [-0.05, 0) is 17.7 Å². The molecule has 4 nitrogen and oxygen atoms in total. The van der Waals surface area contributed by atoms with Crippen LogP contribution in [-0.2, 0) is 0 Å². The molecule has 0 saturated carbocycles. The molecule has 3 rings (SSSR count). The Morgan fingerprint density at radius 3 is 2.93 bits per heavy atom. The zero-order valence-corrected chi connectivity index (χ0v) is 8.04. The van der Waals surface area contributed by atoms with Crippen molar-refractivity contribution in [2.24, 2.45) is 10.2 Å². The van der Waals surface area contributed by atoms with Gasteiger partial charge in [0.05, 0.1) is 0 Å². The standard InChI is InChI=1S/C11H10N4/c1-2-5-9(6-3-1)11-14-13-10-7-4-8-12-15(10)11/h1-8,11,14H. The minimum Gasteiger partial charge on any atom is -0.279 e. The van der Waals surface area contributed by atoms with E-state index < -0.39 is 0 Å². The molecule has 4 heteroatoms. The van der Waals surface area contributed by atoms with E-state index in [-0.39, 0.29) is 6.17 Å². The summed E-state index contributed by atoms with van der Waals surface area (Å²) in [6.07, 6.45) is 5.59. The lowest BCUT2D eigenvalue weighted by Crippen LogP contribution is -2.29. The molecule has 0 aromatic heterocycles. The fourth-order valence-corrected chi connectivity index (χ4v) is 1.70. The minimum absolute atomic E-state index is 0.0161. The molecule has 0 aliphatic carbocycles. The van der Waals surface area contributed by atoms with Crippen LogP contribution in [0.4, 0.5) is 0 Å². The predicted octanol–water partition coefficient (Wildman–Crippen LogP) is 1.46. The molecule has 0 spiro atoms. The van der Waals surface area contributed by atoms with Gasteiger partial charge in [0.2, 0.25) is 0 Å². The lowest BCUT2D eigenvalue weighted by molar-refractivity contribution is 0.321. The summed E-state index contributed by atoms with van der Waals surface area (Å²) in [5.74, 6) is 0.853. The van der Waals surface area contributed by atoms with E-state index in [0.29, 0.717) is 0 Å². The van der Waals surface area contributed by atoms with Crippen molar-refractivity contribution < 1.29 is 0 Å². The molecule has 15 heavy (non-hydrogen) atoms. The van der Waals surface area contributed by atoms with Gasteiger partial charge in [-0.2, -0.15) is 10.2 Å². The Bertz CT molecular complexity index is 447. The Morgan fingerprint density at radius 1 is 1.20 bits per heavy atom. The van der Waals surface area contributed by atoms with Crippen molar-refractivity contribution in [2.75, 3.05) is 0 Å². The van der Waals surface area contributed by atoms with Gasteiger partial charge in [-0.25, -0.2) is 5.01 Å². The van der Waals surface area contributed by atoms with Crippen molar-refractivity contribution >= 4 is 12.1 Å². The van der Waals surface area contributed by atoms with E-state index >= 15 is 0 Å². The van der Waals surface area contributed by atoms with Crippen LogP contribution in [0.5, 0.6) is 0 Å². The summed E-state index contributed by atoms with van der Waals surface area (Å²) in [4.78, 5) is 0. The number of hydrogen-bond donors (Lipinski definition) is 1. The first-order valence-corrected chi connectivity index (χ1v) is 4.83. The fourth-order valence-electron chi connectivity index (χ4n) is 1.70. The summed E-state index contributed by atoms with van der Waals surface area (Å²) in [7, 11) is 0. The first-order valence-electron chi connectivity index (χ1n) is 4.83. The van der Waals surface area contributed by atoms with Gasteiger partial charge >= 0.3 is 0 Å². The van der Waals surface area contributed by atoms with Gasteiger partial charge in [-0.15, -0.1) is 0 Å². The molecule has 1 unspecified atom stereocenters. The quantitative estimate of drug-likeness (QED) is 0.742. The van der Waals surface area contributed by atoms with E-state index in [2.05, 4.69) is 27.8 Å². The molecule has 1 N–H and O–H groups in total. The molecular formula is C11H10N4. The zero-order valence-electron chi connectivity index (χ0n) is 8.04. The molecule has 0 saturated heterocycles. The molecule has 0 radical (unpaired) electrons. The van der Waals surface area contributed by atoms with Gasteiger partial charge in [0, 0.05) is 6.21 Å². The lowest BCUT2D eigenvalue weighted by Gasteiger charge is -2.22. The number of benzene rings is 1. The highest BCUT2D eigenvalue weighted by molar-refractivity contribution is 5.99. The van der Waals surface area contributed by atoms with Crippen LogP contribution in [0.3, 0.4) is 0 Å². The predicted molar refractivity (Wildman–Crippen MR) is 59.2 cm³/mol. The van der Waals surface area contributed by atoms with Crippen molar-refractivity contribution in [3.05, 3.63) is 48.0 Å². The second-order valence-electron chi connectivity index (χ2n) is 3.38. The number of nitrogens with one attached hydrogen (secondary N) is 1. The molecule has 2 heterocycles. The molecule has 2 aliphatic heterocycles. The Hall–Kier alpha value is -2.10. The fraction of sp³-hybridized carbons (Fsp3) is 0.0909. The number of rotatable bonds is 1. The zero-order chi connectivity index (χ0) is 10.1. The first-order chi connectivity index (χ1) is 7.45. The molecule has 0 amide bonds. The van der Waals surface area contributed by atoms with Crippen LogP contribution in [-0.4, -0.2) is 17.1 Å². The Labute approximate surface area is 87.6 Å². The van der Waals surface area contributed by atoms with Crippen LogP contribution in [0.25, 0.3) is 0 Å². The maximum Gasteiger partial charge on any atom is 0.171 e. The Morgan fingerprint density at radius 2 is 2.07 bits per heavy atom. The van der Waals surface area contributed by atoms with Gasteiger partial charge in [-0.3, -0.25) is 5.43 Å². The average Bonchev–Trinajstić information content (AvgIpc) is 2.74. The summed E-state index contributed by atoms with van der Waals surface area (Å²) in [5.41, 5.74) is 4.22. The number of amidine groups is 1. The minimum atomic E-state index is 0.0161. The molecule has 0 bridgehead atoms. The number of nitrogens with zero attached hydrogens (tertiary/aromatic N) is 3. The van der Waals surface area contributed by atoms with Crippen LogP contribution in [0.15, 0.2) is 52.7 Å². The van der Waals surface area contributed by atoms with E-state index in [1.54, 1.807) is 6.21 Å². The Balaban J connectivity index is 1.93. The van der Waals surface area contributed by atoms with Crippen molar-refractivity contribution in [1.29, 1.82) is 0 Å². The Kier molecular flexibility index (Phi) is 1.78. The molecule has 74 valence electrons. The number of hydrazone groups is 2. The summed E-state index contributed by atoms with van der Waals surface area (Å²) in [6.45, 7) is 0. The van der Waals surface area contributed by atoms with Crippen molar-refractivity contribution in [3.63, 3.8) is 0 Å². The van der Waals surface area contributed by atoms with Crippen LogP contribution in [0.2, 0.25) is 0 Å². The van der Waals surface area contributed by atoms with Gasteiger partial charge in [0.25, 0.3) is 0 Å². The van der Waals surface area contributed by atoms with Crippen LogP contribution in [0.1, 0.15) is 11.7 Å². The molecule has 2 aliphatic rings. The van der Waals surface area contributed by atoms with Crippen molar-refractivity contribution in [3.8, 4) is 0 Å². The summed E-state index contributed by atoms with van der Waals surface area (Å²) in [5, 5.41) is 10.4. The molecule has 1 aromatic carbocycles. The lowest BCUT2D eigenvalue weighted by atomic mass is 10.2. The number of fused-ring (bicyclic) bond motifs is 1. The summed E-state index contributed by atoms with van der Waals surface area (Å²) >= 11 is 0. The van der Waals surface area contributed by atoms with Crippen LogP contribution >= 0.6 is 0 Å². The topological polar surface area (TPSA) is 40.0 Å². The third-order valence-corrected chi connectivity index (χ3v) is 2.42. The van der Waals surface area contributed by atoms with Gasteiger partial charge in [-0.1, -0.05) is 30.3 Å². The van der Waals surface area contributed by atoms with Gasteiger partial charge in [0.1, 0.15) is 0 Å². The van der Waals surface area contributed by atoms with Gasteiger partial charge < -0.3 is 0 Å². The molecular weight excluding hydrogens is 188 g/mol. The molecule has 1 aromatic rings. The molecule has 1 atom stereocenters. The van der Waals surface area contributed by atoms with Crippen LogP contribution < -0.4 is 5.43 Å². The summed E-state index contributed by atoms with van der Waals surface area (Å²) in [6, 6.07) is 10.1. The normalized spacial score (nSPS) is 22.3. The average molecular weight is 198 g/mol. The summed E-state index contributed by atoms with van der Waals surface area (Å²) < 4.78 is 0. The van der Waals surface area contributed by atoms with Crippen molar-refractivity contribution in [2.45, 2.75) is 6.17 Å². The highest BCUT2D eigenvalue weighted by atomic mass is 15.6. The van der Waals surface area contributed by atoms with Gasteiger partial charge in [0.15, 0.2) is 12.0 Å². The first kappa shape index (κ1) is 8.23. The third kappa shape index (κ3) is 1.30. The van der Waals surface area contributed by atoms with E-state index in [9.17, 15) is 0 Å². The maximum absolute atomic E-state index is 4.28. The second-order valence-corrected chi connectivity index (χ2v) is 3.38. The second kappa shape index (κ2) is 3.24. The third-order valence-electron chi connectivity index (χ3n) is 2.42. The highest BCUT2D eigenvalue weighted by Gasteiger charge is 2.27. The van der Waals surface area contributed by atoms with E-state index in [4.69, 9.17) is 0 Å². The van der Waals surface area contributed by atoms with E-state index in [0.717, 1.165) is 11.4 Å². The van der Waals surface area contributed by atoms with Crippen LogP contribution in [0, 0.1) is 0 Å². The number of hydrogen-bond acceptors (Lipinski definition) is 4. The monoisotopic (exact) mass is 198 g/mol. The maximum atomic E-state index is 4.28. The smallest absolute Gasteiger partial charge is 0.171 e. The van der Waals surface area contributed by atoms with E-state index in [1.165, 1.54) is 0 Å². The number of allylic oxidation sites excluding steroid dienone is 1. The SMILES string of the molecule is C1=CC2=NNC(c3ccccc3)N2N=C1.